The largest absolute Gasteiger partial charge is 0.508 e. The highest BCUT2D eigenvalue weighted by molar-refractivity contribution is 8.00. The van der Waals surface area contributed by atoms with Gasteiger partial charge in [0.1, 0.15) is 17.5 Å². The van der Waals surface area contributed by atoms with Gasteiger partial charge in [-0.3, -0.25) is 23.7 Å². The van der Waals surface area contributed by atoms with Gasteiger partial charge in [-0.1, -0.05) is 71.1 Å². The van der Waals surface area contributed by atoms with Crippen molar-refractivity contribution in [3.05, 3.63) is 105 Å². The molecule has 3 heterocycles. The second-order valence-electron chi connectivity index (χ2n) is 9.52. The Balaban J connectivity index is 1.39. The van der Waals surface area contributed by atoms with Crippen LogP contribution in [-0.2, 0) is 20.9 Å². The normalized spacial score (nSPS) is 20.0. The number of aryl methyl sites for hydroxylation is 1. The maximum absolute atomic E-state index is 13.9. The average Bonchev–Trinajstić information content (AvgIpc) is 3.37. The lowest BCUT2D eigenvalue weighted by atomic mass is 9.83. The Bertz CT molecular complexity index is 1650. The summed E-state index contributed by atoms with van der Waals surface area (Å²) in [7, 11) is 0. The second-order valence-corrected chi connectivity index (χ2v) is 11.6. The summed E-state index contributed by atoms with van der Waals surface area (Å²) < 4.78 is 1.39. The molecule has 2 aliphatic heterocycles. The maximum Gasteiger partial charge on any atom is 0.308 e. The number of anilines is 2. The van der Waals surface area contributed by atoms with Crippen molar-refractivity contribution < 1.29 is 19.5 Å². The summed E-state index contributed by atoms with van der Waals surface area (Å²) >= 11 is 2.20. The van der Waals surface area contributed by atoms with Gasteiger partial charge in [-0.05, 0) is 48.9 Å². The van der Waals surface area contributed by atoms with Crippen LogP contribution in [0.15, 0.2) is 88.7 Å². The van der Waals surface area contributed by atoms with Crippen LogP contribution in [0, 0.1) is 12.8 Å². The van der Waals surface area contributed by atoms with Crippen molar-refractivity contribution in [2.75, 3.05) is 10.2 Å². The molecule has 3 amide bonds. The number of phenols is 1. The third kappa shape index (κ3) is 4.45. The molecule has 2 N–H and O–H groups in total. The van der Waals surface area contributed by atoms with Crippen LogP contribution in [0.1, 0.15) is 21.9 Å². The van der Waals surface area contributed by atoms with Gasteiger partial charge in [0.2, 0.25) is 17.7 Å². The number of benzene rings is 3. The van der Waals surface area contributed by atoms with Gasteiger partial charge in [0.15, 0.2) is 0 Å². The van der Waals surface area contributed by atoms with Crippen molar-refractivity contribution in [2.24, 2.45) is 5.92 Å². The molecule has 39 heavy (non-hydrogen) atoms. The first kappa shape index (κ1) is 25.1. The highest BCUT2D eigenvalue weighted by Crippen LogP contribution is 2.53. The zero-order valence-electron chi connectivity index (χ0n) is 20.7. The molecule has 0 bridgehead atoms. The van der Waals surface area contributed by atoms with E-state index in [1.165, 1.54) is 33.4 Å². The monoisotopic (exact) mass is 557 g/mol. The van der Waals surface area contributed by atoms with Crippen LogP contribution in [0.5, 0.6) is 5.75 Å². The average molecular weight is 558 g/mol. The number of nitrogens with one attached hydrogen (secondary N) is 1. The minimum absolute atomic E-state index is 0.0736. The quantitative estimate of drug-likeness (QED) is 0.279. The Morgan fingerprint density at radius 3 is 2.31 bits per heavy atom. The Morgan fingerprint density at radius 2 is 1.62 bits per heavy atom. The molecule has 1 saturated heterocycles. The van der Waals surface area contributed by atoms with E-state index in [1.54, 1.807) is 24.3 Å². The van der Waals surface area contributed by atoms with Crippen LogP contribution in [0.4, 0.5) is 11.4 Å². The summed E-state index contributed by atoms with van der Waals surface area (Å²) in [5.74, 6) is -2.15. The summed E-state index contributed by atoms with van der Waals surface area (Å²) in [4.78, 5) is 55.3. The van der Waals surface area contributed by atoms with E-state index in [1.807, 2.05) is 49.4 Å². The molecular formula is C29H23N3O5S2. The molecule has 10 heteroatoms. The number of rotatable bonds is 5. The van der Waals surface area contributed by atoms with Gasteiger partial charge in [0.25, 0.3) is 0 Å². The lowest BCUT2D eigenvalue weighted by Gasteiger charge is -2.30. The van der Waals surface area contributed by atoms with E-state index in [4.69, 9.17) is 0 Å². The number of hydrogen-bond donors (Lipinski definition) is 2. The summed E-state index contributed by atoms with van der Waals surface area (Å²) in [6.07, 6.45) is 0. The Kier molecular flexibility index (Phi) is 6.36. The highest BCUT2D eigenvalue weighted by Gasteiger charge is 2.56. The van der Waals surface area contributed by atoms with E-state index in [0.717, 1.165) is 22.5 Å². The Hall–Kier alpha value is -4.15. The van der Waals surface area contributed by atoms with Gasteiger partial charge in [-0.15, -0.1) is 0 Å². The van der Waals surface area contributed by atoms with Crippen LogP contribution in [-0.4, -0.2) is 32.6 Å². The molecule has 1 fully saturated rings. The third-order valence-electron chi connectivity index (χ3n) is 6.95. The summed E-state index contributed by atoms with van der Waals surface area (Å²) in [6.45, 7) is 1.69. The van der Waals surface area contributed by atoms with Crippen LogP contribution in [0.3, 0.4) is 0 Å². The number of aromatic nitrogens is 1. The first-order valence-electron chi connectivity index (χ1n) is 12.3. The van der Waals surface area contributed by atoms with Crippen LogP contribution in [0.2, 0.25) is 0 Å². The summed E-state index contributed by atoms with van der Waals surface area (Å²) in [6, 6.07) is 22.7. The van der Waals surface area contributed by atoms with Crippen molar-refractivity contribution in [1.82, 2.24) is 4.57 Å². The highest BCUT2D eigenvalue weighted by atomic mass is 32.2. The predicted octanol–water partition coefficient (Wildman–Crippen LogP) is 4.36. The fourth-order valence-electron chi connectivity index (χ4n) is 5.11. The van der Waals surface area contributed by atoms with E-state index in [2.05, 4.69) is 5.32 Å². The lowest BCUT2D eigenvalue weighted by molar-refractivity contribution is -0.122. The first-order chi connectivity index (χ1) is 18.8. The number of carbonyl (C=O) groups excluding carboxylic acids is 3. The lowest BCUT2D eigenvalue weighted by Crippen LogP contribution is -2.33. The topological polar surface area (TPSA) is 109 Å². The van der Waals surface area contributed by atoms with Crippen LogP contribution in [0.25, 0.3) is 0 Å². The molecule has 1 aromatic heterocycles. The standard InChI is InChI=1S/C29H23N3O5S2/c1-16-7-11-19(12-8-16)32-26(35)23-22(17-5-3-2-4-6-17)25-28(38-24(23)27(32)36)31(29(37)39-25)15-21(34)30-18-9-13-20(33)14-10-18/h2-14,22-24,33H,15H2,1H3,(H,30,34)/t22-,23?,24?/m1/s1. The fourth-order valence-corrected chi connectivity index (χ4v) is 7.89. The molecule has 0 spiro atoms. The number of carbonyl (C=O) groups is 3. The van der Waals surface area contributed by atoms with Gasteiger partial charge < -0.3 is 10.4 Å². The molecule has 2 aliphatic rings. The zero-order chi connectivity index (χ0) is 27.3. The predicted molar refractivity (Wildman–Crippen MR) is 150 cm³/mol. The minimum atomic E-state index is -0.739. The fraction of sp³-hybridized carbons (Fsp3) is 0.172. The Labute approximate surface area is 231 Å². The molecule has 8 nitrogen and oxygen atoms in total. The summed E-state index contributed by atoms with van der Waals surface area (Å²) in [5.41, 5.74) is 2.85. The van der Waals surface area contributed by atoms with Gasteiger partial charge in [0, 0.05) is 16.5 Å². The number of phenolic OH excluding ortho intramolecular Hbond substituents is 1. The van der Waals surface area contributed by atoms with E-state index < -0.39 is 23.0 Å². The van der Waals surface area contributed by atoms with Gasteiger partial charge in [-0.25, -0.2) is 4.90 Å². The number of aromatic hydroxyl groups is 1. The maximum atomic E-state index is 13.9. The zero-order valence-corrected chi connectivity index (χ0v) is 22.4. The van der Waals surface area contributed by atoms with Crippen molar-refractivity contribution >= 4 is 52.2 Å². The van der Waals surface area contributed by atoms with Gasteiger partial charge in [-0.2, -0.15) is 0 Å². The Morgan fingerprint density at radius 1 is 0.923 bits per heavy atom. The molecular weight excluding hydrogens is 534 g/mol. The van der Waals surface area contributed by atoms with Crippen molar-refractivity contribution in [3.8, 4) is 5.75 Å². The molecule has 4 aromatic rings. The van der Waals surface area contributed by atoms with Crippen LogP contribution < -0.4 is 15.1 Å². The van der Waals surface area contributed by atoms with Gasteiger partial charge in [0.05, 0.1) is 16.6 Å². The molecule has 6 rings (SSSR count). The smallest absolute Gasteiger partial charge is 0.308 e. The van der Waals surface area contributed by atoms with Crippen molar-refractivity contribution in [3.63, 3.8) is 0 Å². The number of nitrogens with zero attached hydrogens (tertiary/aromatic N) is 2. The molecule has 3 atom stereocenters. The molecule has 2 unspecified atom stereocenters. The first-order valence-corrected chi connectivity index (χ1v) is 14.0. The van der Waals surface area contributed by atoms with Gasteiger partial charge >= 0.3 is 4.87 Å². The summed E-state index contributed by atoms with van der Waals surface area (Å²) in [5, 5.41) is 12.0. The van der Waals surface area contributed by atoms with E-state index in [-0.39, 0.29) is 29.0 Å². The number of amides is 3. The molecule has 3 aromatic carbocycles. The number of hydrogen-bond acceptors (Lipinski definition) is 7. The number of thiazole rings is 1. The third-order valence-corrected chi connectivity index (χ3v) is 9.56. The van der Waals surface area contributed by atoms with Crippen molar-refractivity contribution in [1.29, 1.82) is 0 Å². The molecule has 196 valence electrons. The number of fused-ring (bicyclic) bond motifs is 2. The minimum Gasteiger partial charge on any atom is -0.508 e. The van der Waals surface area contributed by atoms with Crippen molar-refractivity contribution in [2.45, 2.75) is 29.7 Å². The van der Waals surface area contributed by atoms with E-state index in [0.29, 0.717) is 21.3 Å². The molecule has 0 saturated carbocycles. The number of thioether (sulfide) groups is 1. The number of imide groups is 1. The van der Waals surface area contributed by atoms with E-state index in [9.17, 15) is 24.3 Å². The van der Waals surface area contributed by atoms with E-state index >= 15 is 0 Å². The second kappa shape index (κ2) is 9.87. The SMILES string of the molecule is Cc1ccc(N2C(=O)C3Sc4c(sc(=O)n4CC(=O)Nc4ccc(O)cc4)[C@H](c4ccccc4)C3C2=O)cc1. The molecule has 0 aliphatic carbocycles. The molecule has 0 radical (unpaired) electrons. The van der Waals surface area contributed by atoms with Crippen LogP contribution >= 0.6 is 23.1 Å².